The fourth-order valence-electron chi connectivity index (χ4n) is 7.44. The molecule has 0 aromatic heterocycles. The third-order valence-corrected chi connectivity index (χ3v) is 10.6. The van der Waals surface area contributed by atoms with Crippen molar-refractivity contribution in [2.24, 2.45) is 0 Å². The summed E-state index contributed by atoms with van der Waals surface area (Å²) in [5.41, 5.74) is 0. The molecule has 6 heteroatoms. The van der Waals surface area contributed by atoms with Gasteiger partial charge in [-0.15, -0.1) is 0 Å². The number of nitrogens with zero attached hydrogens (tertiary/aromatic N) is 1. The summed E-state index contributed by atoms with van der Waals surface area (Å²) in [7, 11) is 0. The van der Waals surface area contributed by atoms with Crippen molar-refractivity contribution in [3.8, 4) is 0 Å². The minimum Gasteiger partial charge on any atom is -0.466 e. The second kappa shape index (κ2) is 34.0. The predicted octanol–water partition coefficient (Wildman–Crippen LogP) is 12.0. The molecule has 1 N–H and O–H groups in total. The first kappa shape index (κ1) is 45.9. The van der Waals surface area contributed by atoms with Crippen molar-refractivity contribution in [3.63, 3.8) is 0 Å². The molecule has 0 heterocycles. The fraction of sp³-hybridized carbons (Fsp3) is 0.953. The van der Waals surface area contributed by atoms with E-state index in [2.05, 4.69) is 25.7 Å². The number of hydrogen-bond acceptors (Lipinski definition) is 6. The normalized spacial score (nSPS) is 17.0. The molecule has 1 fully saturated rings. The lowest BCUT2D eigenvalue weighted by Crippen LogP contribution is -2.46. The van der Waals surface area contributed by atoms with Crippen LogP contribution in [0.2, 0.25) is 0 Å². The lowest BCUT2D eigenvalue weighted by atomic mass is 9.91. The van der Waals surface area contributed by atoms with Gasteiger partial charge in [-0.3, -0.25) is 14.5 Å². The van der Waals surface area contributed by atoms with Gasteiger partial charge in [0.1, 0.15) is 6.10 Å². The first-order chi connectivity index (χ1) is 24.0. The van der Waals surface area contributed by atoms with Gasteiger partial charge in [-0.2, -0.15) is 0 Å². The van der Waals surface area contributed by atoms with E-state index in [0.29, 0.717) is 25.5 Å². The van der Waals surface area contributed by atoms with Gasteiger partial charge in [0, 0.05) is 18.9 Å². The van der Waals surface area contributed by atoms with Crippen LogP contribution in [-0.2, 0) is 19.1 Å². The Morgan fingerprint density at radius 2 is 1.02 bits per heavy atom. The number of esters is 2. The van der Waals surface area contributed by atoms with Crippen molar-refractivity contribution in [2.45, 2.75) is 244 Å². The molecule has 6 nitrogen and oxygen atoms in total. The number of ether oxygens (including phenoxy) is 2. The molecule has 0 radical (unpaired) electrons. The Morgan fingerprint density at radius 1 is 0.571 bits per heavy atom. The third-order valence-electron chi connectivity index (χ3n) is 10.6. The number of aliphatic hydroxyl groups is 1. The summed E-state index contributed by atoms with van der Waals surface area (Å²) in [5, 5.41) is 10.8. The first-order valence-corrected chi connectivity index (χ1v) is 21.8. The van der Waals surface area contributed by atoms with Crippen LogP contribution in [0.15, 0.2) is 0 Å². The Bertz CT molecular complexity index is 746. The molecule has 290 valence electrons. The van der Waals surface area contributed by atoms with Gasteiger partial charge in [-0.25, -0.2) is 0 Å². The zero-order valence-corrected chi connectivity index (χ0v) is 33.0. The highest BCUT2D eigenvalue weighted by atomic mass is 16.5. The Labute approximate surface area is 304 Å². The van der Waals surface area contributed by atoms with Gasteiger partial charge in [-0.1, -0.05) is 143 Å². The van der Waals surface area contributed by atoms with E-state index >= 15 is 0 Å². The van der Waals surface area contributed by atoms with Crippen molar-refractivity contribution in [1.82, 2.24) is 4.90 Å². The highest BCUT2D eigenvalue weighted by Gasteiger charge is 2.28. The van der Waals surface area contributed by atoms with E-state index in [1.54, 1.807) is 0 Å². The van der Waals surface area contributed by atoms with Crippen molar-refractivity contribution < 1.29 is 24.2 Å². The highest BCUT2D eigenvalue weighted by Crippen LogP contribution is 2.25. The maximum absolute atomic E-state index is 12.7. The van der Waals surface area contributed by atoms with Gasteiger partial charge in [-0.05, 0) is 83.7 Å². The van der Waals surface area contributed by atoms with E-state index in [9.17, 15) is 14.7 Å². The maximum Gasteiger partial charge on any atom is 0.306 e. The lowest BCUT2D eigenvalue weighted by molar-refractivity contribution is -0.150. The smallest absolute Gasteiger partial charge is 0.306 e. The van der Waals surface area contributed by atoms with Crippen molar-refractivity contribution in [3.05, 3.63) is 0 Å². The number of hydrogen-bond donors (Lipinski definition) is 1. The largest absolute Gasteiger partial charge is 0.466 e. The minimum atomic E-state index is -0.191. The molecule has 0 bridgehead atoms. The van der Waals surface area contributed by atoms with Crippen LogP contribution in [0, 0.1) is 0 Å². The summed E-state index contributed by atoms with van der Waals surface area (Å²) >= 11 is 0. The van der Waals surface area contributed by atoms with Crippen molar-refractivity contribution in [2.75, 3.05) is 19.7 Å². The molecule has 1 aliphatic carbocycles. The van der Waals surface area contributed by atoms with Crippen LogP contribution in [0.3, 0.4) is 0 Å². The topological polar surface area (TPSA) is 76.1 Å². The van der Waals surface area contributed by atoms with Gasteiger partial charge in [0.05, 0.1) is 12.7 Å². The van der Waals surface area contributed by atoms with Crippen molar-refractivity contribution in [1.29, 1.82) is 0 Å². The quantitative estimate of drug-likeness (QED) is 0.0526. The molecule has 0 spiro atoms. The Kier molecular flexibility index (Phi) is 31.8. The second-order valence-electron chi connectivity index (χ2n) is 15.3. The van der Waals surface area contributed by atoms with E-state index < -0.39 is 0 Å². The molecule has 1 aliphatic rings. The molecule has 1 rings (SSSR count). The summed E-state index contributed by atoms with van der Waals surface area (Å²) in [6.45, 7) is 9.41. The van der Waals surface area contributed by atoms with Crippen molar-refractivity contribution >= 4 is 11.9 Å². The molecule has 49 heavy (non-hydrogen) atoms. The summed E-state index contributed by atoms with van der Waals surface area (Å²) < 4.78 is 11.4. The molecule has 0 amide bonds. The van der Waals surface area contributed by atoms with Gasteiger partial charge in [0.25, 0.3) is 0 Å². The zero-order valence-electron chi connectivity index (χ0n) is 33.0. The summed E-state index contributed by atoms with van der Waals surface area (Å²) in [4.78, 5) is 27.3. The van der Waals surface area contributed by atoms with Crippen LogP contribution in [0.1, 0.15) is 226 Å². The summed E-state index contributed by atoms with van der Waals surface area (Å²) in [6.07, 6.45) is 35.7. The Morgan fingerprint density at radius 3 is 1.59 bits per heavy atom. The SMILES string of the molecule is CCCCCCCOC(=O)CCCCCCCN(CCCCCCCC(=O)OC(CCCCCC)CCCCCCC)C1CCCCC1O. The van der Waals surface area contributed by atoms with Gasteiger partial charge in [0.15, 0.2) is 0 Å². The molecule has 0 aromatic rings. The van der Waals surface area contributed by atoms with E-state index in [1.165, 1.54) is 96.3 Å². The van der Waals surface area contributed by atoms with Crippen LogP contribution in [0.4, 0.5) is 0 Å². The van der Waals surface area contributed by atoms with E-state index in [0.717, 1.165) is 109 Å². The Balaban J connectivity index is 2.24. The number of carbonyl (C=O) groups excluding carboxylic acids is 2. The monoisotopic (exact) mass is 694 g/mol. The second-order valence-corrected chi connectivity index (χ2v) is 15.3. The molecular weight excluding hydrogens is 610 g/mol. The van der Waals surface area contributed by atoms with E-state index in [1.807, 2.05) is 0 Å². The van der Waals surface area contributed by atoms with Gasteiger partial charge < -0.3 is 14.6 Å². The molecule has 3 unspecified atom stereocenters. The minimum absolute atomic E-state index is 0.0135. The molecular formula is C43H83NO5. The number of rotatable bonds is 35. The average Bonchev–Trinajstić information content (AvgIpc) is 3.10. The fourth-order valence-corrected chi connectivity index (χ4v) is 7.44. The molecule has 0 saturated heterocycles. The van der Waals surface area contributed by atoms with E-state index in [-0.39, 0.29) is 24.1 Å². The van der Waals surface area contributed by atoms with Crippen LogP contribution >= 0.6 is 0 Å². The Hall–Kier alpha value is -1.14. The highest BCUT2D eigenvalue weighted by molar-refractivity contribution is 5.69. The number of aliphatic hydroxyl groups excluding tert-OH is 1. The third kappa shape index (κ3) is 27.2. The van der Waals surface area contributed by atoms with Crippen LogP contribution < -0.4 is 0 Å². The van der Waals surface area contributed by atoms with Crippen LogP contribution in [0.25, 0.3) is 0 Å². The van der Waals surface area contributed by atoms with Crippen LogP contribution in [-0.4, -0.2) is 59.9 Å². The average molecular weight is 694 g/mol. The number of unbranched alkanes of at least 4 members (excludes halogenated alkanes) is 19. The van der Waals surface area contributed by atoms with E-state index in [4.69, 9.17) is 9.47 Å². The maximum atomic E-state index is 12.7. The molecule has 0 aliphatic heterocycles. The van der Waals surface area contributed by atoms with Gasteiger partial charge in [0.2, 0.25) is 0 Å². The molecule has 1 saturated carbocycles. The number of carbonyl (C=O) groups is 2. The summed E-state index contributed by atoms with van der Waals surface area (Å²) in [6, 6.07) is 0.307. The lowest BCUT2D eigenvalue weighted by Gasteiger charge is -2.38. The zero-order chi connectivity index (χ0) is 35.6. The molecule has 3 atom stereocenters. The predicted molar refractivity (Wildman–Crippen MR) is 207 cm³/mol. The standard InChI is InChI=1S/C43H83NO5/c1-4-7-10-15-22-31-39(30-21-12-9-6-3)49-43(47)35-24-17-14-19-28-37-44(40-32-25-26-33-41(40)45)36-27-18-13-16-23-34-42(46)48-38-29-20-11-8-5-2/h39-41,45H,4-38H2,1-3H3. The van der Waals surface area contributed by atoms with Crippen LogP contribution in [0.5, 0.6) is 0 Å². The van der Waals surface area contributed by atoms with Gasteiger partial charge >= 0.3 is 11.9 Å². The summed E-state index contributed by atoms with van der Waals surface area (Å²) in [5.74, 6) is -0.0159. The first-order valence-electron chi connectivity index (χ1n) is 21.8. The molecule has 0 aromatic carbocycles.